The molecule has 2 unspecified atom stereocenters. The SMILES string of the molecule is [2H]C([2H])([2H])ON1CC(C(F)(F)F)CC1C(N)=O. The van der Waals surface area contributed by atoms with Gasteiger partial charge in [-0.2, -0.15) is 18.2 Å². The molecule has 0 radical (unpaired) electrons. The molecule has 0 aromatic rings. The van der Waals surface area contributed by atoms with Gasteiger partial charge in [-0.15, -0.1) is 0 Å². The first-order valence-electron chi connectivity index (χ1n) is 5.32. The number of carbonyl (C=O) groups excluding carboxylic acids is 1. The van der Waals surface area contributed by atoms with E-state index in [1.807, 2.05) is 0 Å². The van der Waals surface area contributed by atoms with Crippen molar-refractivity contribution in [2.75, 3.05) is 13.6 Å². The van der Waals surface area contributed by atoms with E-state index in [1.54, 1.807) is 0 Å². The lowest BCUT2D eigenvalue weighted by Gasteiger charge is -2.18. The van der Waals surface area contributed by atoms with Crippen molar-refractivity contribution in [3.63, 3.8) is 0 Å². The van der Waals surface area contributed by atoms with Crippen LogP contribution in [0.3, 0.4) is 0 Å². The van der Waals surface area contributed by atoms with Crippen LogP contribution in [0.4, 0.5) is 13.2 Å². The molecule has 1 heterocycles. The molecule has 1 rings (SSSR count). The summed E-state index contributed by atoms with van der Waals surface area (Å²) in [4.78, 5) is 15.3. The molecular formula is C7H11F3N2O2. The van der Waals surface area contributed by atoms with E-state index in [2.05, 4.69) is 4.84 Å². The summed E-state index contributed by atoms with van der Waals surface area (Å²) < 4.78 is 57.6. The number of hydroxylamine groups is 2. The molecule has 1 amide bonds. The van der Waals surface area contributed by atoms with Crippen LogP contribution in [0.2, 0.25) is 0 Å². The van der Waals surface area contributed by atoms with Crippen LogP contribution in [0.15, 0.2) is 0 Å². The minimum absolute atomic E-state index is 0.494. The Hall–Kier alpha value is -0.820. The predicted octanol–water partition coefficient (Wildman–Crippen LogP) is 0.286. The van der Waals surface area contributed by atoms with Crippen molar-refractivity contribution in [1.29, 1.82) is 0 Å². The molecular weight excluding hydrogens is 201 g/mol. The van der Waals surface area contributed by atoms with Gasteiger partial charge >= 0.3 is 6.18 Å². The normalized spacial score (nSPS) is 33.5. The van der Waals surface area contributed by atoms with Gasteiger partial charge in [0.15, 0.2) is 0 Å². The summed E-state index contributed by atoms with van der Waals surface area (Å²) in [6.07, 6.45) is -5.10. The quantitative estimate of drug-likeness (QED) is 0.720. The minimum atomic E-state index is -4.51. The molecule has 0 aliphatic carbocycles. The molecule has 0 saturated carbocycles. The summed E-state index contributed by atoms with van der Waals surface area (Å²) in [6, 6.07) is -1.37. The van der Waals surface area contributed by atoms with Gasteiger partial charge < -0.3 is 10.6 Å². The van der Waals surface area contributed by atoms with Crippen LogP contribution in [0, 0.1) is 5.92 Å². The van der Waals surface area contributed by atoms with Gasteiger partial charge in [0.2, 0.25) is 5.91 Å². The van der Waals surface area contributed by atoms with Crippen molar-refractivity contribution in [2.45, 2.75) is 18.6 Å². The van der Waals surface area contributed by atoms with Gasteiger partial charge in [-0.1, -0.05) is 0 Å². The Bertz CT molecular complexity index is 308. The average molecular weight is 215 g/mol. The number of halogens is 3. The van der Waals surface area contributed by atoms with Crippen LogP contribution in [0.1, 0.15) is 10.5 Å². The van der Waals surface area contributed by atoms with E-state index >= 15 is 0 Å². The fourth-order valence-electron chi connectivity index (χ4n) is 1.40. The maximum Gasteiger partial charge on any atom is 0.393 e. The predicted molar refractivity (Wildman–Crippen MR) is 40.9 cm³/mol. The monoisotopic (exact) mass is 215 g/mol. The molecule has 2 N–H and O–H groups in total. The van der Waals surface area contributed by atoms with Crippen LogP contribution in [0.5, 0.6) is 0 Å². The summed E-state index contributed by atoms with van der Waals surface area (Å²) in [7, 11) is -2.91. The lowest BCUT2D eigenvalue weighted by molar-refractivity contribution is -0.187. The molecule has 0 aromatic heterocycles. The van der Waals surface area contributed by atoms with E-state index in [9.17, 15) is 18.0 Å². The third kappa shape index (κ3) is 2.16. The first kappa shape index (κ1) is 7.47. The highest BCUT2D eigenvalue weighted by molar-refractivity contribution is 5.80. The fraction of sp³-hybridized carbons (Fsp3) is 0.857. The van der Waals surface area contributed by atoms with E-state index in [-0.39, 0.29) is 0 Å². The molecule has 0 aromatic carbocycles. The molecule has 1 aliphatic rings. The van der Waals surface area contributed by atoms with E-state index in [0.717, 1.165) is 0 Å². The highest BCUT2D eigenvalue weighted by Crippen LogP contribution is 2.36. The van der Waals surface area contributed by atoms with Gasteiger partial charge in [0, 0.05) is 6.54 Å². The summed E-state index contributed by atoms with van der Waals surface area (Å²) in [5.41, 5.74) is 4.90. The highest BCUT2D eigenvalue weighted by atomic mass is 19.4. The summed E-state index contributed by atoms with van der Waals surface area (Å²) in [6.45, 7) is -0.713. The van der Waals surface area contributed by atoms with Crippen molar-refractivity contribution in [3.05, 3.63) is 0 Å². The van der Waals surface area contributed by atoms with Gasteiger partial charge in [0.1, 0.15) is 6.04 Å². The van der Waals surface area contributed by atoms with Gasteiger partial charge in [-0.3, -0.25) is 4.79 Å². The average Bonchev–Trinajstić information content (AvgIpc) is 2.43. The lowest BCUT2D eigenvalue weighted by atomic mass is 10.1. The molecule has 1 fully saturated rings. The topological polar surface area (TPSA) is 55.6 Å². The largest absolute Gasteiger partial charge is 0.393 e. The number of carbonyl (C=O) groups is 1. The Morgan fingerprint density at radius 3 is 2.79 bits per heavy atom. The van der Waals surface area contributed by atoms with Crippen LogP contribution in [-0.4, -0.2) is 36.8 Å². The Morgan fingerprint density at radius 2 is 2.36 bits per heavy atom. The third-order valence-corrected chi connectivity index (χ3v) is 2.16. The Balaban J connectivity index is 2.78. The minimum Gasteiger partial charge on any atom is -0.368 e. The molecule has 0 spiro atoms. The third-order valence-electron chi connectivity index (χ3n) is 2.16. The smallest absolute Gasteiger partial charge is 0.368 e. The van der Waals surface area contributed by atoms with Crippen LogP contribution in [0.25, 0.3) is 0 Å². The van der Waals surface area contributed by atoms with Gasteiger partial charge in [0.05, 0.1) is 17.1 Å². The second kappa shape index (κ2) is 3.74. The zero-order valence-electron chi connectivity index (χ0n) is 10.0. The summed E-state index contributed by atoms with van der Waals surface area (Å²) in [5, 5.41) is 0.494. The number of nitrogens with two attached hydrogens (primary N) is 1. The summed E-state index contributed by atoms with van der Waals surface area (Å²) >= 11 is 0. The van der Waals surface area contributed by atoms with Crippen LogP contribution in [-0.2, 0) is 9.63 Å². The maximum atomic E-state index is 12.4. The van der Waals surface area contributed by atoms with Gasteiger partial charge in [-0.25, -0.2) is 0 Å². The number of amides is 1. The molecule has 4 nitrogen and oxygen atoms in total. The first-order chi connectivity index (χ1) is 7.50. The maximum absolute atomic E-state index is 12.4. The Morgan fingerprint density at radius 1 is 1.71 bits per heavy atom. The first-order valence-corrected chi connectivity index (χ1v) is 3.82. The molecule has 0 bridgehead atoms. The molecule has 14 heavy (non-hydrogen) atoms. The van der Waals surface area contributed by atoms with E-state index in [1.165, 1.54) is 0 Å². The van der Waals surface area contributed by atoms with E-state index < -0.39 is 44.0 Å². The van der Waals surface area contributed by atoms with Crippen LogP contribution >= 0.6 is 0 Å². The number of nitrogens with zero attached hydrogens (tertiary/aromatic N) is 1. The van der Waals surface area contributed by atoms with Crippen molar-refractivity contribution < 1.29 is 26.9 Å². The molecule has 2 atom stereocenters. The second-order valence-electron chi connectivity index (χ2n) is 3.08. The summed E-state index contributed by atoms with van der Waals surface area (Å²) in [5.74, 6) is -2.86. The number of primary amides is 1. The zero-order valence-corrected chi connectivity index (χ0v) is 7.04. The number of rotatable bonds is 2. The molecule has 1 aliphatic heterocycles. The number of hydrogen-bond donors (Lipinski definition) is 1. The molecule has 1 saturated heterocycles. The second-order valence-corrected chi connectivity index (χ2v) is 3.08. The fourth-order valence-corrected chi connectivity index (χ4v) is 1.40. The number of hydrogen-bond acceptors (Lipinski definition) is 3. The number of alkyl halides is 3. The Kier molecular flexibility index (Phi) is 1.99. The van der Waals surface area contributed by atoms with Crippen molar-refractivity contribution in [3.8, 4) is 0 Å². The Labute approximate surface area is 83.0 Å². The van der Waals surface area contributed by atoms with Gasteiger partial charge in [-0.05, 0) is 6.42 Å². The van der Waals surface area contributed by atoms with E-state index in [4.69, 9.17) is 9.85 Å². The highest BCUT2D eigenvalue weighted by Gasteiger charge is 2.49. The zero-order chi connectivity index (χ0) is 13.4. The van der Waals surface area contributed by atoms with Gasteiger partial charge in [0.25, 0.3) is 0 Å². The van der Waals surface area contributed by atoms with Crippen molar-refractivity contribution in [1.82, 2.24) is 5.06 Å². The molecule has 7 heteroatoms. The van der Waals surface area contributed by atoms with Crippen molar-refractivity contribution >= 4 is 5.91 Å². The van der Waals surface area contributed by atoms with Crippen LogP contribution < -0.4 is 5.73 Å². The standard InChI is InChI=1S/C7H11F3N2O2/c1-14-12-3-4(7(8,9)10)2-5(12)6(11)13/h4-5H,2-3H2,1H3,(H2,11,13)/i1D3. The molecule has 82 valence electrons. The lowest BCUT2D eigenvalue weighted by Crippen LogP contribution is -2.39. The van der Waals surface area contributed by atoms with Crippen molar-refractivity contribution in [2.24, 2.45) is 11.7 Å². The van der Waals surface area contributed by atoms with E-state index in [0.29, 0.717) is 5.06 Å².